The van der Waals surface area contributed by atoms with Gasteiger partial charge in [0.2, 0.25) is 0 Å². The standard InChI is InChI=1S/C16H14BrFO3/c1-10(16(19)20)12-7-13(17)15(14(18)8-12)21-9-11-5-3-2-4-6-11/h2-8,10H,9H2,1H3,(H,19,20). The molecule has 0 saturated heterocycles. The SMILES string of the molecule is CC(C(=O)O)c1cc(F)c(OCc2ccccc2)c(Br)c1. The van der Waals surface area contributed by atoms with Crippen molar-refractivity contribution in [2.75, 3.05) is 0 Å². The Bertz CT molecular complexity index is 620. The molecular formula is C16H14BrFO3. The summed E-state index contributed by atoms with van der Waals surface area (Å²) in [7, 11) is 0. The first-order chi connectivity index (χ1) is 9.99. The Balaban J connectivity index is 2.19. The number of carboxylic acids is 1. The summed E-state index contributed by atoms with van der Waals surface area (Å²) in [5.41, 5.74) is 1.31. The van der Waals surface area contributed by atoms with E-state index in [1.165, 1.54) is 13.0 Å². The number of benzene rings is 2. The highest BCUT2D eigenvalue weighted by molar-refractivity contribution is 9.10. The highest BCUT2D eigenvalue weighted by atomic mass is 79.9. The largest absolute Gasteiger partial charge is 0.485 e. The lowest BCUT2D eigenvalue weighted by Gasteiger charge is -2.13. The molecule has 0 amide bonds. The molecule has 0 radical (unpaired) electrons. The maximum Gasteiger partial charge on any atom is 0.310 e. The zero-order valence-electron chi connectivity index (χ0n) is 11.3. The van der Waals surface area contributed by atoms with Gasteiger partial charge in [-0.25, -0.2) is 4.39 Å². The molecule has 3 nitrogen and oxygen atoms in total. The molecule has 110 valence electrons. The van der Waals surface area contributed by atoms with Gasteiger partial charge < -0.3 is 9.84 Å². The van der Waals surface area contributed by atoms with Gasteiger partial charge in [-0.05, 0) is 46.1 Å². The van der Waals surface area contributed by atoms with E-state index in [9.17, 15) is 9.18 Å². The Morgan fingerprint density at radius 3 is 2.57 bits per heavy atom. The molecule has 0 heterocycles. The summed E-state index contributed by atoms with van der Waals surface area (Å²) in [5.74, 6) is -2.28. The number of carboxylic acid groups (broad SMARTS) is 1. The van der Waals surface area contributed by atoms with E-state index in [1.54, 1.807) is 6.07 Å². The van der Waals surface area contributed by atoms with E-state index in [2.05, 4.69) is 15.9 Å². The number of ether oxygens (including phenoxy) is 1. The Labute approximate surface area is 130 Å². The molecule has 0 aliphatic carbocycles. The molecule has 1 unspecified atom stereocenters. The number of rotatable bonds is 5. The van der Waals surface area contributed by atoms with Crippen LogP contribution in [0.15, 0.2) is 46.9 Å². The van der Waals surface area contributed by atoms with Crippen LogP contribution in [0.1, 0.15) is 24.0 Å². The molecule has 0 spiro atoms. The summed E-state index contributed by atoms with van der Waals surface area (Å²) in [5, 5.41) is 8.97. The van der Waals surface area contributed by atoms with Crippen molar-refractivity contribution in [2.45, 2.75) is 19.4 Å². The van der Waals surface area contributed by atoms with Gasteiger partial charge in [-0.1, -0.05) is 30.3 Å². The fourth-order valence-corrected chi connectivity index (χ4v) is 2.41. The normalized spacial score (nSPS) is 12.0. The zero-order chi connectivity index (χ0) is 15.4. The third-order valence-corrected chi connectivity index (χ3v) is 3.71. The summed E-state index contributed by atoms with van der Waals surface area (Å²) >= 11 is 3.23. The number of hydrogen-bond acceptors (Lipinski definition) is 2. The zero-order valence-corrected chi connectivity index (χ0v) is 12.9. The Kier molecular flexibility index (Phi) is 4.96. The quantitative estimate of drug-likeness (QED) is 0.869. The fraction of sp³-hybridized carbons (Fsp3) is 0.188. The molecule has 0 aliphatic rings. The fourth-order valence-electron chi connectivity index (χ4n) is 1.84. The van der Waals surface area contributed by atoms with Gasteiger partial charge in [0.05, 0.1) is 10.4 Å². The van der Waals surface area contributed by atoms with Gasteiger partial charge in [-0.2, -0.15) is 0 Å². The van der Waals surface area contributed by atoms with Crippen molar-refractivity contribution in [3.63, 3.8) is 0 Å². The lowest BCUT2D eigenvalue weighted by molar-refractivity contribution is -0.138. The number of halogens is 2. The van der Waals surface area contributed by atoms with Crippen LogP contribution >= 0.6 is 15.9 Å². The lowest BCUT2D eigenvalue weighted by atomic mass is 10.0. The lowest BCUT2D eigenvalue weighted by Crippen LogP contribution is -2.08. The highest BCUT2D eigenvalue weighted by Gasteiger charge is 2.18. The number of carbonyl (C=O) groups is 1. The third kappa shape index (κ3) is 3.82. The first kappa shape index (κ1) is 15.5. The van der Waals surface area contributed by atoms with E-state index in [0.717, 1.165) is 5.56 Å². The molecule has 21 heavy (non-hydrogen) atoms. The molecule has 2 aromatic rings. The maximum absolute atomic E-state index is 14.1. The molecule has 1 atom stereocenters. The van der Waals surface area contributed by atoms with Gasteiger partial charge in [-0.3, -0.25) is 4.79 Å². The molecule has 1 N–H and O–H groups in total. The maximum atomic E-state index is 14.1. The van der Waals surface area contributed by atoms with Crippen molar-refractivity contribution >= 4 is 21.9 Å². The van der Waals surface area contributed by atoms with Crippen LogP contribution in [-0.4, -0.2) is 11.1 Å². The van der Waals surface area contributed by atoms with Crippen LogP contribution in [0.4, 0.5) is 4.39 Å². The summed E-state index contributed by atoms with van der Waals surface area (Å²) in [6.45, 7) is 1.75. The molecule has 5 heteroatoms. The average molecular weight is 353 g/mol. The number of aliphatic carboxylic acids is 1. The molecule has 0 saturated carbocycles. The molecule has 0 aromatic heterocycles. The average Bonchev–Trinajstić information content (AvgIpc) is 2.46. The van der Waals surface area contributed by atoms with E-state index < -0.39 is 17.7 Å². The second-order valence-corrected chi connectivity index (χ2v) is 5.50. The topological polar surface area (TPSA) is 46.5 Å². The molecule has 0 bridgehead atoms. The summed E-state index contributed by atoms with van der Waals surface area (Å²) in [6, 6.07) is 12.2. The van der Waals surface area contributed by atoms with E-state index in [-0.39, 0.29) is 12.4 Å². The minimum absolute atomic E-state index is 0.0835. The van der Waals surface area contributed by atoms with E-state index in [0.29, 0.717) is 10.0 Å². The van der Waals surface area contributed by atoms with Gasteiger partial charge in [0.25, 0.3) is 0 Å². The van der Waals surface area contributed by atoms with E-state index in [1.807, 2.05) is 30.3 Å². The van der Waals surface area contributed by atoms with Crippen LogP contribution in [0.2, 0.25) is 0 Å². The van der Waals surface area contributed by atoms with Crippen molar-refractivity contribution < 1.29 is 19.0 Å². The van der Waals surface area contributed by atoms with Gasteiger partial charge in [-0.15, -0.1) is 0 Å². The molecule has 0 fully saturated rings. The highest BCUT2D eigenvalue weighted by Crippen LogP contribution is 2.32. The van der Waals surface area contributed by atoms with Crippen molar-refractivity contribution in [3.05, 3.63) is 63.9 Å². The van der Waals surface area contributed by atoms with E-state index >= 15 is 0 Å². The molecule has 0 aliphatic heterocycles. The van der Waals surface area contributed by atoms with Crippen LogP contribution in [-0.2, 0) is 11.4 Å². The summed E-state index contributed by atoms with van der Waals surface area (Å²) < 4.78 is 20.0. The van der Waals surface area contributed by atoms with Gasteiger partial charge in [0.15, 0.2) is 11.6 Å². The summed E-state index contributed by atoms with van der Waals surface area (Å²) in [4.78, 5) is 10.9. The van der Waals surface area contributed by atoms with Gasteiger partial charge in [0, 0.05) is 0 Å². The van der Waals surface area contributed by atoms with Crippen LogP contribution in [0.5, 0.6) is 5.75 Å². The molecular weight excluding hydrogens is 339 g/mol. The van der Waals surface area contributed by atoms with E-state index in [4.69, 9.17) is 9.84 Å². The number of hydrogen-bond donors (Lipinski definition) is 1. The summed E-state index contributed by atoms with van der Waals surface area (Å²) in [6.07, 6.45) is 0. The third-order valence-electron chi connectivity index (χ3n) is 3.12. The van der Waals surface area contributed by atoms with Crippen molar-refractivity contribution in [3.8, 4) is 5.75 Å². The van der Waals surface area contributed by atoms with Gasteiger partial charge >= 0.3 is 5.97 Å². The first-order valence-electron chi connectivity index (χ1n) is 6.37. The molecule has 2 aromatic carbocycles. The van der Waals surface area contributed by atoms with Crippen molar-refractivity contribution in [1.82, 2.24) is 0 Å². The van der Waals surface area contributed by atoms with Crippen molar-refractivity contribution in [2.24, 2.45) is 0 Å². The Hall–Kier alpha value is -1.88. The van der Waals surface area contributed by atoms with Crippen LogP contribution in [0, 0.1) is 5.82 Å². The van der Waals surface area contributed by atoms with Crippen molar-refractivity contribution in [1.29, 1.82) is 0 Å². The smallest absolute Gasteiger partial charge is 0.310 e. The minimum atomic E-state index is -1.00. The van der Waals surface area contributed by atoms with Crippen LogP contribution < -0.4 is 4.74 Å². The van der Waals surface area contributed by atoms with Crippen LogP contribution in [0.25, 0.3) is 0 Å². The van der Waals surface area contributed by atoms with Gasteiger partial charge in [0.1, 0.15) is 6.61 Å². The monoisotopic (exact) mass is 352 g/mol. The van der Waals surface area contributed by atoms with Crippen LogP contribution in [0.3, 0.4) is 0 Å². The second kappa shape index (κ2) is 6.72. The predicted molar refractivity (Wildman–Crippen MR) is 80.9 cm³/mol. The molecule has 2 rings (SSSR count). The minimum Gasteiger partial charge on any atom is -0.485 e. The second-order valence-electron chi connectivity index (χ2n) is 4.65. The Morgan fingerprint density at radius 1 is 1.33 bits per heavy atom. The predicted octanol–water partition coefficient (Wildman–Crippen LogP) is 4.36. The first-order valence-corrected chi connectivity index (χ1v) is 7.17. The Morgan fingerprint density at radius 2 is 2.00 bits per heavy atom.